The minimum absolute atomic E-state index is 0.284. The Balaban J connectivity index is 2.34. The van der Waals surface area contributed by atoms with Gasteiger partial charge in [0.15, 0.2) is 5.79 Å². The predicted molar refractivity (Wildman–Crippen MR) is 55.3 cm³/mol. The molecule has 0 bridgehead atoms. The summed E-state index contributed by atoms with van der Waals surface area (Å²) in [5.74, 6) is -0.763. The van der Waals surface area contributed by atoms with Crippen LogP contribution in [0, 0.1) is 0 Å². The molecule has 1 aliphatic rings. The van der Waals surface area contributed by atoms with Crippen LogP contribution in [0.3, 0.4) is 0 Å². The van der Waals surface area contributed by atoms with Crippen molar-refractivity contribution in [1.29, 1.82) is 0 Å². The van der Waals surface area contributed by atoms with Gasteiger partial charge in [0, 0.05) is 12.0 Å². The van der Waals surface area contributed by atoms with E-state index in [0.29, 0.717) is 18.8 Å². The van der Waals surface area contributed by atoms with Crippen molar-refractivity contribution < 1.29 is 19.0 Å². The molecule has 1 rings (SSSR count). The first-order valence-electron chi connectivity index (χ1n) is 5.10. The number of hydrogen-bond donors (Lipinski definition) is 0. The summed E-state index contributed by atoms with van der Waals surface area (Å²) in [5, 5.41) is 0. The molecule has 4 heteroatoms. The summed E-state index contributed by atoms with van der Waals surface area (Å²) in [7, 11) is 1.38. The number of ether oxygens (including phenoxy) is 3. The van der Waals surface area contributed by atoms with Gasteiger partial charge >= 0.3 is 5.97 Å². The molecule has 1 fully saturated rings. The van der Waals surface area contributed by atoms with Crippen LogP contribution in [0.2, 0.25) is 0 Å². The van der Waals surface area contributed by atoms with Gasteiger partial charge in [0.05, 0.1) is 20.3 Å². The third kappa shape index (κ3) is 3.64. The van der Waals surface area contributed by atoms with Crippen LogP contribution in [0.15, 0.2) is 11.6 Å². The number of allylic oxidation sites excluding steroid dienone is 1. The molecule has 0 aromatic rings. The summed E-state index contributed by atoms with van der Waals surface area (Å²) in [4.78, 5) is 11.1. The zero-order valence-electron chi connectivity index (χ0n) is 9.54. The summed E-state index contributed by atoms with van der Waals surface area (Å²) in [6.07, 6.45) is 3.35. The average Bonchev–Trinajstić information content (AvgIpc) is 2.64. The molecule has 0 N–H and O–H groups in total. The lowest BCUT2D eigenvalue weighted by atomic mass is 10.1. The van der Waals surface area contributed by atoms with E-state index >= 15 is 0 Å². The highest BCUT2D eigenvalue weighted by atomic mass is 16.7. The Labute approximate surface area is 90.2 Å². The van der Waals surface area contributed by atoms with Crippen molar-refractivity contribution in [2.24, 2.45) is 0 Å². The second-order valence-corrected chi connectivity index (χ2v) is 3.75. The van der Waals surface area contributed by atoms with Crippen molar-refractivity contribution >= 4 is 5.97 Å². The molecule has 0 aromatic carbocycles. The first-order valence-corrected chi connectivity index (χ1v) is 5.10. The number of carbonyl (C=O) groups excluding carboxylic acids is 1. The molecule has 0 atom stereocenters. The van der Waals surface area contributed by atoms with Crippen LogP contribution in [0.25, 0.3) is 0 Å². The van der Waals surface area contributed by atoms with Gasteiger partial charge in [0.2, 0.25) is 0 Å². The van der Waals surface area contributed by atoms with Gasteiger partial charge in [0.25, 0.3) is 0 Å². The lowest BCUT2D eigenvalue weighted by Crippen LogP contribution is -2.24. The fourth-order valence-corrected chi connectivity index (χ4v) is 1.50. The van der Waals surface area contributed by atoms with E-state index in [1.807, 2.05) is 13.0 Å². The molecule has 86 valence electrons. The number of esters is 1. The van der Waals surface area contributed by atoms with Crippen molar-refractivity contribution in [3.05, 3.63) is 11.6 Å². The summed E-state index contributed by atoms with van der Waals surface area (Å²) in [6.45, 7) is 4.96. The largest absolute Gasteiger partial charge is 0.466 e. The van der Waals surface area contributed by atoms with Crippen molar-refractivity contribution in [3.63, 3.8) is 0 Å². The van der Waals surface area contributed by atoms with E-state index in [1.165, 1.54) is 7.11 Å². The van der Waals surface area contributed by atoms with Crippen LogP contribution in [0.1, 0.15) is 26.7 Å². The molecule has 1 saturated heterocycles. The summed E-state index contributed by atoms with van der Waals surface area (Å²) < 4.78 is 15.5. The molecule has 4 nitrogen and oxygen atoms in total. The van der Waals surface area contributed by atoms with Crippen molar-refractivity contribution in [2.45, 2.75) is 32.5 Å². The number of hydrogen-bond acceptors (Lipinski definition) is 4. The standard InChI is InChI=1S/C11H18O4/c1-9(10(12)13-3)5-4-6-11(2)14-7-8-15-11/h5H,4,6-8H2,1-3H3/b9-5+. The second kappa shape index (κ2) is 5.28. The van der Waals surface area contributed by atoms with E-state index in [4.69, 9.17) is 9.47 Å². The Kier molecular flexibility index (Phi) is 4.29. The van der Waals surface area contributed by atoms with E-state index in [1.54, 1.807) is 6.92 Å². The van der Waals surface area contributed by atoms with Crippen LogP contribution < -0.4 is 0 Å². The molecule has 0 spiro atoms. The van der Waals surface area contributed by atoms with Gasteiger partial charge in [-0.25, -0.2) is 4.79 Å². The summed E-state index contributed by atoms with van der Waals surface area (Å²) in [5.41, 5.74) is 0.624. The molecule has 0 saturated carbocycles. The second-order valence-electron chi connectivity index (χ2n) is 3.75. The van der Waals surface area contributed by atoms with E-state index in [0.717, 1.165) is 12.8 Å². The zero-order valence-corrected chi connectivity index (χ0v) is 9.54. The first-order chi connectivity index (χ1) is 7.07. The minimum atomic E-state index is -0.479. The lowest BCUT2D eigenvalue weighted by molar-refractivity contribution is -0.146. The molecule has 0 amide bonds. The fourth-order valence-electron chi connectivity index (χ4n) is 1.50. The van der Waals surface area contributed by atoms with Gasteiger partial charge in [-0.15, -0.1) is 0 Å². The SMILES string of the molecule is COC(=O)/C(C)=C/CCC1(C)OCCO1. The average molecular weight is 214 g/mol. The van der Waals surface area contributed by atoms with E-state index in [9.17, 15) is 4.79 Å². The van der Waals surface area contributed by atoms with Crippen LogP contribution >= 0.6 is 0 Å². The normalized spacial score (nSPS) is 20.3. The van der Waals surface area contributed by atoms with Crippen LogP contribution in [-0.4, -0.2) is 32.1 Å². The van der Waals surface area contributed by atoms with Gasteiger partial charge in [-0.1, -0.05) is 6.08 Å². The highest BCUT2D eigenvalue weighted by Crippen LogP contribution is 2.24. The molecule has 0 aliphatic carbocycles. The molecule has 0 aromatic heterocycles. The van der Waals surface area contributed by atoms with Gasteiger partial charge in [-0.05, 0) is 20.3 Å². The maximum absolute atomic E-state index is 11.1. The maximum atomic E-state index is 11.1. The fraction of sp³-hybridized carbons (Fsp3) is 0.727. The van der Waals surface area contributed by atoms with Crippen molar-refractivity contribution in [3.8, 4) is 0 Å². The molecule has 15 heavy (non-hydrogen) atoms. The molecule has 0 radical (unpaired) electrons. The Morgan fingerprint density at radius 2 is 2.07 bits per heavy atom. The van der Waals surface area contributed by atoms with Crippen LogP contribution in [0.4, 0.5) is 0 Å². The van der Waals surface area contributed by atoms with Gasteiger partial charge in [0.1, 0.15) is 0 Å². The predicted octanol–water partition coefficient (Wildman–Crippen LogP) is 1.65. The van der Waals surface area contributed by atoms with Gasteiger partial charge < -0.3 is 14.2 Å². The van der Waals surface area contributed by atoms with E-state index in [-0.39, 0.29) is 5.97 Å². The highest BCUT2D eigenvalue weighted by molar-refractivity contribution is 5.87. The Morgan fingerprint density at radius 3 is 2.60 bits per heavy atom. The molecular formula is C11H18O4. The van der Waals surface area contributed by atoms with Gasteiger partial charge in [-0.2, -0.15) is 0 Å². The third-order valence-corrected chi connectivity index (χ3v) is 2.45. The zero-order chi connectivity index (χ0) is 11.3. The lowest BCUT2D eigenvalue weighted by Gasteiger charge is -2.21. The monoisotopic (exact) mass is 214 g/mol. The molecule has 1 aliphatic heterocycles. The molecular weight excluding hydrogens is 196 g/mol. The number of rotatable bonds is 4. The summed E-state index contributed by atoms with van der Waals surface area (Å²) in [6, 6.07) is 0. The van der Waals surface area contributed by atoms with Crippen LogP contribution in [0.5, 0.6) is 0 Å². The first kappa shape index (κ1) is 12.2. The Hall–Kier alpha value is -0.870. The molecule has 0 unspecified atom stereocenters. The van der Waals surface area contributed by atoms with Crippen molar-refractivity contribution in [2.75, 3.05) is 20.3 Å². The topological polar surface area (TPSA) is 44.8 Å². The minimum Gasteiger partial charge on any atom is -0.466 e. The smallest absolute Gasteiger partial charge is 0.333 e. The number of methoxy groups -OCH3 is 1. The number of carbonyl (C=O) groups is 1. The Morgan fingerprint density at radius 1 is 1.47 bits per heavy atom. The highest BCUT2D eigenvalue weighted by Gasteiger charge is 2.29. The van der Waals surface area contributed by atoms with E-state index in [2.05, 4.69) is 4.74 Å². The van der Waals surface area contributed by atoms with Crippen LogP contribution in [-0.2, 0) is 19.0 Å². The van der Waals surface area contributed by atoms with E-state index < -0.39 is 5.79 Å². The van der Waals surface area contributed by atoms with Gasteiger partial charge in [-0.3, -0.25) is 0 Å². The van der Waals surface area contributed by atoms with Crippen molar-refractivity contribution in [1.82, 2.24) is 0 Å². The third-order valence-electron chi connectivity index (χ3n) is 2.45. The molecule has 1 heterocycles. The quantitative estimate of drug-likeness (QED) is 0.527. The Bertz CT molecular complexity index is 251. The maximum Gasteiger partial charge on any atom is 0.333 e. The summed E-state index contributed by atoms with van der Waals surface area (Å²) >= 11 is 0.